The van der Waals surface area contributed by atoms with E-state index < -0.39 is 34.8 Å². The topological polar surface area (TPSA) is 17.1 Å². The first-order chi connectivity index (χ1) is 9.62. The van der Waals surface area contributed by atoms with Crippen molar-refractivity contribution in [2.75, 3.05) is 0 Å². The predicted molar refractivity (Wildman–Crippen MR) is 65.7 cm³/mol. The van der Waals surface area contributed by atoms with Crippen molar-refractivity contribution in [3.63, 3.8) is 0 Å². The lowest BCUT2D eigenvalue weighted by Gasteiger charge is -2.64. The van der Waals surface area contributed by atoms with Crippen molar-refractivity contribution < 1.29 is 26.7 Å². The second kappa shape index (κ2) is 4.07. The first kappa shape index (κ1) is 15.0. The van der Waals surface area contributed by atoms with Crippen LogP contribution in [-0.2, 0) is 4.79 Å². The first-order valence-corrected chi connectivity index (χ1v) is 7.16. The molecule has 2 unspecified atom stereocenters. The number of halogens is 5. The van der Waals surface area contributed by atoms with Crippen LogP contribution in [0.15, 0.2) is 12.7 Å². The Morgan fingerprint density at radius 1 is 1.00 bits per heavy atom. The Morgan fingerprint density at radius 2 is 1.52 bits per heavy atom. The van der Waals surface area contributed by atoms with E-state index in [1.807, 2.05) is 0 Å². The van der Waals surface area contributed by atoms with Gasteiger partial charge in [-0.15, -0.1) is 6.58 Å². The number of allylic oxidation sites excluding steroid dienone is 1. The number of rotatable bonds is 3. The molecule has 0 spiro atoms. The molecule has 2 atom stereocenters. The highest BCUT2D eigenvalue weighted by Gasteiger charge is 2.75. The molecule has 4 rings (SSSR count). The van der Waals surface area contributed by atoms with E-state index in [-0.39, 0.29) is 25.2 Å². The Bertz CT molecular complexity index is 455. The number of aldehydes is 1. The van der Waals surface area contributed by atoms with Gasteiger partial charge in [-0.1, -0.05) is 6.08 Å². The van der Waals surface area contributed by atoms with Gasteiger partial charge in [0, 0.05) is 10.8 Å². The number of hydrogen-bond donors (Lipinski definition) is 0. The molecule has 0 N–H and O–H groups in total. The van der Waals surface area contributed by atoms with E-state index in [4.69, 9.17) is 0 Å². The molecule has 4 aliphatic rings. The van der Waals surface area contributed by atoms with Crippen molar-refractivity contribution in [2.45, 2.75) is 44.2 Å². The predicted octanol–water partition coefficient (Wildman–Crippen LogP) is 4.38. The SMILES string of the molecule is C=CC1(C=O)C2CC3CC1CC(C(F)(F)C(F)(F)F)(C3)C2. The van der Waals surface area contributed by atoms with E-state index in [1.165, 1.54) is 6.08 Å². The summed E-state index contributed by atoms with van der Waals surface area (Å²) in [6, 6.07) is 0. The standard InChI is InChI=1S/C15H17F5O/c1-2-13(8-21)10-3-9-4-11(13)7-12(5-9,6-10)14(16,17)15(18,19)20/h2,8-11H,1,3-7H2. The van der Waals surface area contributed by atoms with Gasteiger partial charge in [-0.2, -0.15) is 22.0 Å². The minimum absolute atomic E-state index is 0.0847. The molecule has 21 heavy (non-hydrogen) atoms. The third kappa shape index (κ3) is 1.65. The van der Waals surface area contributed by atoms with Gasteiger partial charge in [0.25, 0.3) is 0 Å². The van der Waals surface area contributed by atoms with Crippen LogP contribution in [0.1, 0.15) is 32.1 Å². The summed E-state index contributed by atoms with van der Waals surface area (Å²) < 4.78 is 66.8. The van der Waals surface area contributed by atoms with E-state index in [2.05, 4.69) is 6.58 Å². The largest absolute Gasteiger partial charge is 0.453 e. The molecule has 0 saturated heterocycles. The molecule has 0 amide bonds. The quantitative estimate of drug-likeness (QED) is 0.429. The van der Waals surface area contributed by atoms with Crippen LogP contribution in [0.5, 0.6) is 0 Å². The summed E-state index contributed by atoms with van der Waals surface area (Å²) in [5.41, 5.74) is -2.95. The molecular weight excluding hydrogens is 291 g/mol. The van der Waals surface area contributed by atoms with Crippen LogP contribution < -0.4 is 0 Å². The smallest absolute Gasteiger partial charge is 0.302 e. The molecule has 118 valence electrons. The molecule has 0 aromatic carbocycles. The van der Waals surface area contributed by atoms with E-state index in [0.29, 0.717) is 12.8 Å². The molecule has 0 aromatic rings. The second-order valence-corrected chi connectivity index (χ2v) is 7.02. The third-order valence-electron chi connectivity index (χ3n) is 6.18. The van der Waals surface area contributed by atoms with Crippen molar-refractivity contribution in [3.8, 4) is 0 Å². The van der Waals surface area contributed by atoms with Gasteiger partial charge in [0.05, 0.1) is 0 Å². The van der Waals surface area contributed by atoms with Crippen molar-refractivity contribution in [1.29, 1.82) is 0 Å². The molecule has 0 heterocycles. The monoisotopic (exact) mass is 308 g/mol. The first-order valence-electron chi connectivity index (χ1n) is 7.16. The van der Waals surface area contributed by atoms with E-state index in [9.17, 15) is 26.7 Å². The molecule has 0 aromatic heterocycles. The molecule has 1 nitrogen and oxygen atoms in total. The van der Waals surface area contributed by atoms with E-state index >= 15 is 0 Å². The Kier molecular flexibility index (Phi) is 2.91. The summed E-state index contributed by atoms with van der Waals surface area (Å²) in [4.78, 5) is 11.5. The van der Waals surface area contributed by atoms with Crippen molar-refractivity contribution >= 4 is 6.29 Å². The van der Waals surface area contributed by atoms with Crippen LogP contribution in [-0.4, -0.2) is 18.4 Å². The zero-order chi connectivity index (χ0) is 15.7. The number of carbonyl (C=O) groups is 1. The molecule has 0 radical (unpaired) electrons. The minimum atomic E-state index is -5.53. The van der Waals surface area contributed by atoms with Gasteiger partial charge in [-0.25, -0.2) is 0 Å². The van der Waals surface area contributed by atoms with Crippen LogP contribution >= 0.6 is 0 Å². The van der Waals surface area contributed by atoms with Gasteiger partial charge in [0.2, 0.25) is 0 Å². The molecule has 0 aliphatic heterocycles. The lowest BCUT2D eigenvalue weighted by atomic mass is 9.40. The zero-order valence-corrected chi connectivity index (χ0v) is 11.4. The summed E-state index contributed by atoms with van der Waals surface area (Å²) in [5.74, 6) is -5.70. The van der Waals surface area contributed by atoms with Crippen LogP contribution in [0.2, 0.25) is 0 Å². The van der Waals surface area contributed by atoms with Gasteiger partial charge < -0.3 is 4.79 Å². The molecule has 6 heteroatoms. The lowest BCUT2D eigenvalue weighted by molar-refractivity contribution is -0.353. The van der Waals surface area contributed by atoms with Crippen molar-refractivity contribution in [3.05, 3.63) is 12.7 Å². The molecular formula is C15H17F5O. The number of alkyl halides is 5. The molecule has 4 saturated carbocycles. The van der Waals surface area contributed by atoms with Gasteiger partial charge in [-0.3, -0.25) is 0 Å². The van der Waals surface area contributed by atoms with Crippen LogP contribution in [0.25, 0.3) is 0 Å². The number of hydrogen-bond acceptors (Lipinski definition) is 1. The molecule has 4 aliphatic carbocycles. The average Bonchev–Trinajstić information content (AvgIpc) is 2.37. The highest BCUT2D eigenvalue weighted by atomic mass is 19.4. The summed E-state index contributed by atoms with van der Waals surface area (Å²) in [5, 5.41) is 0. The minimum Gasteiger partial charge on any atom is -0.302 e. The average molecular weight is 308 g/mol. The van der Waals surface area contributed by atoms with E-state index in [0.717, 1.165) is 6.29 Å². The van der Waals surface area contributed by atoms with Gasteiger partial charge in [0.1, 0.15) is 6.29 Å². The number of carbonyl (C=O) groups excluding carboxylic acids is 1. The Labute approximate surface area is 119 Å². The Morgan fingerprint density at radius 3 is 1.90 bits per heavy atom. The van der Waals surface area contributed by atoms with Crippen molar-refractivity contribution in [1.82, 2.24) is 0 Å². The summed E-state index contributed by atoms with van der Waals surface area (Å²) in [6.45, 7) is 3.64. The van der Waals surface area contributed by atoms with Crippen LogP contribution in [0.4, 0.5) is 22.0 Å². The molecule has 4 fully saturated rings. The zero-order valence-electron chi connectivity index (χ0n) is 11.4. The fraction of sp³-hybridized carbons (Fsp3) is 0.800. The lowest BCUT2D eigenvalue weighted by Crippen LogP contribution is -2.65. The fourth-order valence-corrected chi connectivity index (χ4v) is 5.33. The maximum Gasteiger partial charge on any atom is 0.453 e. The normalized spacial score (nSPS) is 45.7. The molecule has 4 bridgehead atoms. The van der Waals surface area contributed by atoms with E-state index in [1.54, 1.807) is 0 Å². The van der Waals surface area contributed by atoms with Gasteiger partial charge >= 0.3 is 12.1 Å². The third-order valence-corrected chi connectivity index (χ3v) is 6.18. The summed E-state index contributed by atoms with van der Waals surface area (Å²) in [6.07, 6.45) is -2.78. The second-order valence-electron chi connectivity index (χ2n) is 7.02. The van der Waals surface area contributed by atoms with Crippen LogP contribution in [0, 0.1) is 28.6 Å². The highest BCUT2D eigenvalue weighted by Crippen LogP contribution is 2.71. The van der Waals surface area contributed by atoms with Crippen LogP contribution in [0.3, 0.4) is 0 Å². The van der Waals surface area contributed by atoms with Crippen molar-refractivity contribution in [2.24, 2.45) is 28.6 Å². The summed E-state index contributed by atoms with van der Waals surface area (Å²) >= 11 is 0. The fourth-order valence-electron chi connectivity index (χ4n) is 5.33. The van der Waals surface area contributed by atoms with Gasteiger partial charge in [-0.05, 0) is 49.9 Å². The summed E-state index contributed by atoms with van der Waals surface area (Å²) in [7, 11) is 0. The van der Waals surface area contributed by atoms with Gasteiger partial charge in [0.15, 0.2) is 0 Å². The maximum atomic E-state index is 14.1. The Balaban J connectivity index is 2.04. The highest BCUT2D eigenvalue weighted by molar-refractivity contribution is 5.65. The maximum absolute atomic E-state index is 14.1. The Hall–Kier alpha value is -0.940.